The van der Waals surface area contributed by atoms with Gasteiger partial charge in [0.1, 0.15) is 18.0 Å². The largest absolute Gasteiger partial charge is 0.507 e. The molecule has 7 nitrogen and oxygen atoms in total. The van der Waals surface area contributed by atoms with Gasteiger partial charge in [0, 0.05) is 16.3 Å². The molecule has 0 radical (unpaired) electrons. The highest BCUT2D eigenvalue weighted by atomic mass is 35.5. The van der Waals surface area contributed by atoms with Crippen molar-refractivity contribution in [2.24, 2.45) is 0 Å². The van der Waals surface area contributed by atoms with E-state index in [9.17, 15) is 19.5 Å². The van der Waals surface area contributed by atoms with Gasteiger partial charge < -0.3 is 15.7 Å². The predicted octanol–water partition coefficient (Wildman–Crippen LogP) is 2.89. The molecule has 0 aliphatic carbocycles. The van der Waals surface area contributed by atoms with Crippen molar-refractivity contribution in [3.8, 4) is 5.75 Å². The topological polar surface area (TPSA) is 98.7 Å². The van der Waals surface area contributed by atoms with E-state index in [0.29, 0.717) is 10.7 Å². The Hall–Kier alpha value is -3.32. The number of nitrogens with one attached hydrogen (secondary N) is 2. The van der Waals surface area contributed by atoms with Crippen molar-refractivity contribution in [1.29, 1.82) is 0 Å². The molecule has 1 aliphatic heterocycles. The molecule has 0 aromatic heterocycles. The van der Waals surface area contributed by atoms with Gasteiger partial charge in [-0.05, 0) is 48.9 Å². The third-order valence-corrected chi connectivity index (χ3v) is 4.09. The molecule has 1 fully saturated rings. The van der Waals surface area contributed by atoms with Gasteiger partial charge in [-0.15, -0.1) is 0 Å². The zero-order valence-electron chi connectivity index (χ0n) is 14.3. The average molecular weight is 386 g/mol. The van der Waals surface area contributed by atoms with Crippen molar-refractivity contribution < 1.29 is 19.5 Å². The second-order valence-electron chi connectivity index (χ2n) is 6.00. The lowest BCUT2D eigenvalue weighted by Crippen LogP contribution is -2.38. The van der Waals surface area contributed by atoms with E-state index in [1.807, 2.05) is 13.0 Å². The smallest absolute Gasteiger partial charge is 0.329 e. The van der Waals surface area contributed by atoms with Gasteiger partial charge in [0.25, 0.3) is 5.91 Å². The molecule has 4 amide bonds. The summed E-state index contributed by atoms with van der Waals surface area (Å²) in [6.07, 6.45) is 1.31. The van der Waals surface area contributed by atoms with Gasteiger partial charge in [-0.25, -0.2) is 9.69 Å². The number of anilines is 1. The second kappa shape index (κ2) is 7.51. The number of carbonyl (C=O) groups excluding carboxylic acids is 3. The van der Waals surface area contributed by atoms with Crippen molar-refractivity contribution in [1.82, 2.24) is 10.2 Å². The Morgan fingerprint density at radius 3 is 2.78 bits per heavy atom. The van der Waals surface area contributed by atoms with Crippen LogP contribution in [0.15, 0.2) is 48.2 Å². The quantitative estimate of drug-likeness (QED) is 0.556. The van der Waals surface area contributed by atoms with Crippen molar-refractivity contribution in [3.05, 3.63) is 64.3 Å². The number of rotatable bonds is 4. The molecule has 0 bridgehead atoms. The van der Waals surface area contributed by atoms with Gasteiger partial charge in [0.15, 0.2) is 0 Å². The van der Waals surface area contributed by atoms with E-state index in [1.54, 1.807) is 18.2 Å². The van der Waals surface area contributed by atoms with E-state index < -0.39 is 24.4 Å². The second-order valence-corrected chi connectivity index (χ2v) is 6.44. The fourth-order valence-electron chi connectivity index (χ4n) is 2.58. The summed E-state index contributed by atoms with van der Waals surface area (Å²) in [5.74, 6) is -1.26. The number of aromatic hydroxyl groups is 1. The lowest BCUT2D eigenvalue weighted by Gasteiger charge is -2.12. The number of phenolic OH excluding ortho intramolecular Hbond substituents is 1. The summed E-state index contributed by atoms with van der Waals surface area (Å²) in [5, 5.41) is 15.2. The first-order valence-corrected chi connectivity index (χ1v) is 8.41. The summed E-state index contributed by atoms with van der Waals surface area (Å²) in [6, 6.07) is 10.8. The molecule has 8 heteroatoms. The first-order valence-electron chi connectivity index (χ1n) is 8.03. The number of phenols is 1. The van der Waals surface area contributed by atoms with Crippen LogP contribution in [0.4, 0.5) is 10.5 Å². The number of hydrogen-bond donors (Lipinski definition) is 3. The monoisotopic (exact) mass is 385 g/mol. The van der Waals surface area contributed by atoms with Crippen LogP contribution in [0.5, 0.6) is 5.75 Å². The zero-order valence-corrected chi connectivity index (χ0v) is 15.1. The first-order chi connectivity index (χ1) is 12.8. The molecule has 3 rings (SSSR count). The van der Waals surface area contributed by atoms with Gasteiger partial charge in [-0.3, -0.25) is 9.59 Å². The molecule has 1 aliphatic rings. The molecule has 0 saturated carbocycles. The molecule has 3 N–H and O–H groups in total. The van der Waals surface area contributed by atoms with Crippen molar-refractivity contribution >= 4 is 41.2 Å². The number of urea groups is 1. The van der Waals surface area contributed by atoms with Crippen molar-refractivity contribution in [2.45, 2.75) is 6.92 Å². The van der Waals surface area contributed by atoms with Crippen LogP contribution in [0.1, 0.15) is 11.1 Å². The maximum absolute atomic E-state index is 12.4. The maximum atomic E-state index is 12.4. The number of nitrogens with zero attached hydrogens (tertiary/aromatic N) is 1. The summed E-state index contributed by atoms with van der Waals surface area (Å²) in [6.45, 7) is 1.45. The fraction of sp³-hybridized carbons (Fsp3) is 0.105. The minimum absolute atomic E-state index is 0.0547. The zero-order chi connectivity index (χ0) is 19.6. The van der Waals surface area contributed by atoms with Crippen LogP contribution in [-0.4, -0.2) is 34.4 Å². The van der Waals surface area contributed by atoms with E-state index in [4.69, 9.17) is 11.6 Å². The molecule has 0 atom stereocenters. The number of carbonyl (C=O) groups is 3. The number of aryl methyl sites for hydroxylation is 1. The Balaban J connectivity index is 1.73. The maximum Gasteiger partial charge on any atom is 0.329 e. The van der Waals surface area contributed by atoms with Crippen LogP contribution < -0.4 is 10.6 Å². The van der Waals surface area contributed by atoms with Gasteiger partial charge in [0.2, 0.25) is 5.91 Å². The van der Waals surface area contributed by atoms with Gasteiger partial charge in [0.05, 0.1) is 0 Å². The number of benzene rings is 2. The number of halogens is 1. The van der Waals surface area contributed by atoms with Crippen molar-refractivity contribution in [3.63, 3.8) is 0 Å². The van der Waals surface area contributed by atoms with E-state index >= 15 is 0 Å². The Bertz CT molecular complexity index is 971. The molecule has 2 aromatic carbocycles. The summed E-state index contributed by atoms with van der Waals surface area (Å²) in [5.41, 5.74) is 1.76. The Labute approximate surface area is 160 Å². The number of amides is 4. The van der Waals surface area contributed by atoms with E-state index in [1.165, 1.54) is 24.3 Å². The third kappa shape index (κ3) is 4.27. The Morgan fingerprint density at radius 1 is 1.26 bits per heavy atom. The summed E-state index contributed by atoms with van der Waals surface area (Å²) < 4.78 is 0. The van der Waals surface area contributed by atoms with Crippen LogP contribution in [0.3, 0.4) is 0 Å². The van der Waals surface area contributed by atoms with Crippen LogP contribution in [0.25, 0.3) is 6.08 Å². The minimum Gasteiger partial charge on any atom is -0.507 e. The average Bonchev–Trinajstić information content (AvgIpc) is 2.85. The molecule has 2 aromatic rings. The molecule has 0 spiro atoms. The molecule has 0 unspecified atom stereocenters. The lowest BCUT2D eigenvalue weighted by atomic mass is 10.1. The van der Waals surface area contributed by atoms with Crippen LogP contribution in [-0.2, 0) is 9.59 Å². The predicted molar refractivity (Wildman–Crippen MR) is 101 cm³/mol. The third-order valence-electron chi connectivity index (χ3n) is 3.86. The van der Waals surface area contributed by atoms with Crippen LogP contribution >= 0.6 is 11.6 Å². The molecular formula is C19H16ClN3O4. The van der Waals surface area contributed by atoms with Gasteiger partial charge in [-0.1, -0.05) is 23.7 Å². The highest BCUT2D eigenvalue weighted by molar-refractivity contribution is 6.30. The van der Waals surface area contributed by atoms with Gasteiger partial charge in [-0.2, -0.15) is 0 Å². The van der Waals surface area contributed by atoms with E-state index in [2.05, 4.69) is 10.6 Å². The minimum atomic E-state index is -0.716. The SMILES string of the molecule is Cc1cccc(NC(=O)CN2C(=O)N/C(=C/c3cc(Cl)ccc3O)C2=O)c1. The standard InChI is InChI=1S/C19H16ClN3O4/c1-11-3-2-4-14(7-11)21-17(25)10-23-18(26)15(22-19(23)27)9-12-8-13(20)5-6-16(12)24/h2-9,24H,10H2,1H3,(H,21,25)(H,22,27)/b15-9+. The van der Waals surface area contributed by atoms with E-state index in [-0.39, 0.29) is 17.0 Å². The normalized spacial score (nSPS) is 15.2. The van der Waals surface area contributed by atoms with Gasteiger partial charge >= 0.3 is 6.03 Å². The summed E-state index contributed by atoms with van der Waals surface area (Å²) in [7, 11) is 0. The fourth-order valence-corrected chi connectivity index (χ4v) is 2.76. The van der Waals surface area contributed by atoms with E-state index in [0.717, 1.165) is 10.5 Å². The van der Waals surface area contributed by atoms with Crippen LogP contribution in [0, 0.1) is 6.92 Å². The van der Waals surface area contributed by atoms with Crippen molar-refractivity contribution in [2.75, 3.05) is 11.9 Å². The first kappa shape index (κ1) is 18.5. The summed E-state index contributed by atoms with van der Waals surface area (Å²) >= 11 is 5.88. The molecule has 27 heavy (non-hydrogen) atoms. The highest BCUT2D eigenvalue weighted by Gasteiger charge is 2.35. The Kier molecular flexibility index (Phi) is 5.14. The number of imide groups is 1. The molecular weight excluding hydrogens is 370 g/mol. The number of hydrogen-bond acceptors (Lipinski definition) is 4. The summed E-state index contributed by atoms with van der Waals surface area (Å²) in [4.78, 5) is 37.5. The highest BCUT2D eigenvalue weighted by Crippen LogP contribution is 2.25. The molecule has 138 valence electrons. The van der Waals surface area contributed by atoms with Crippen LogP contribution in [0.2, 0.25) is 5.02 Å². The Morgan fingerprint density at radius 2 is 2.04 bits per heavy atom. The molecule has 1 saturated heterocycles. The molecule has 1 heterocycles. The lowest BCUT2D eigenvalue weighted by molar-refractivity contribution is -0.127.